The van der Waals surface area contributed by atoms with E-state index < -0.39 is 5.97 Å². The Hall–Kier alpha value is -1.43. The summed E-state index contributed by atoms with van der Waals surface area (Å²) in [5.41, 5.74) is 0.712. The Morgan fingerprint density at radius 2 is 2.15 bits per heavy atom. The fourth-order valence-electron chi connectivity index (χ4n) is 2.45. The highest BCUT2D eigenvalue weighted by molar-refractivity contribution is 9.10. The second-order valence-electron chi connectivity index (χ2n) is 5.04. The molecule has 2 N–H and O–H groups in total. The van der Waals surface area contributed by atoms with Crippen molar-refractivity contribution in [2.45, 2.75) is 31.7 Å². The molecule has 1 saturated carbocycles. The Bertz CT molecular complexity index is 535. The second kappa shape index (κ2) is 6.35. The van der Waals surface area contributed by atoms with Gasteiger partial charge in [0.15, 0.2) is 0 Å². The van der Waals surface area contributed by atoms with Crippen LogP contribution in [0.25, 0.3) is 0 Å². The smallest absolute Gasteiger partial charge is 0.306 e. The maximum absolute atomic E-state index is 13.1. The number of halogens is 2. The largest absolute Gasteiger partial charge is 0.481 e. The average Bonchev–Trinajstić information content (AvgIpc) is 2.82. The minimum atomic E-state index is -0.802. The van der Waals surface area contributed by atoms with E-state index >= 15 is 0 Å². The Morgan fingerprint density at radius 3 is 2.75 bits per heavy atom. The fourth-order valence-corrected chi connectivity index (χ4v) is 2.88. The first-order valence-electron chi connectivity index (χ1n) is 6.42. The van der Waals surface area contributed by atoms with Crippen LogP contribution in [0.2, 0.25) is 0 Å². The van der Waals surface area contributed by atoms with Gasteiger partial charge in [-0.25, -0.2) is 4.39 Å². The summed E-state index contributed by atoms with van der Waals surface area (Å²) in [7, 11) is 0. The van der Waals surface area contributed by atoms with Gasteiger partial charge in [0.05, 0.1) is 16.8 Å². The van der Waals surface area contributed by atoms with Gasteiger partial charge in [-0.3, -0.25) is 9.59 Å². The molecule has 0 radical (unpaired) electrons. The molecule has 2 rings (SSSR count). The summed E-state index contributed by atoms with van der Waals surface area (Å²) >= 11 is 3.08. The predicted octanol–water partition coefficient (Wildman–Crippen LogP) is 2.50. The molecule has 1 aliphatic carbocycles. The first kappa shape index (κ1) is 15.0. The van der Waals surface area contributed by atoms with Crippen molar-refractivity contribution in [2.24, 2.45) is 5.92 Å². The number of carbonyl (C=O) groups is 2. The lowest BCUT2D eigenvalue weighted by Crippen LogP contribution is -2.34. The summed E-state index contributed by atoms with van der Waals surface area (Å²) in [6.07, 6.45) is 1.93. The van der Waals surface area contributed by atoms with Crippen LogP contribution in [-0.2, 0) is 16.0 Å². The summed E-state index contributed by atoms with van der Waals surface area (Å²) in [5.74, 6) is -1.70. The maximum Gasteiger partial charge on any atom is 0.306 e. The third-order valence-corrected chi connectivity index (χ3v) is 4.10. The highest BCUT2D eigenvalue weighted by Crippen LogP contribution is 2.25. The van der Waals surface area contributed by atoms with Gasteiger partial charge in [-0.2, -0.15) is 0 Å². The lowest BCUT2D eigenvalue weighted by atomic mass is 10.1. The van der Waals surface area contributed by atoms with Gasteiger partial charge in [0.1, 0.15) is 5.82 Å². The van der Waals surface area contributed by atoms with Crippen molar-refractivity contribution in [3.05, 3.63) is 34.1 Å². The van der Waals surface area contributed by atoms with Crippen LogP contribution in [0.15, 0.2) is 22.7 Å². The molecule has 1 amide bonds. The summed E-state index contributed by atoms with van der Waals surface area (Å²) in [4.78, 5) is 22.7. The molecule has 0 aromatic heterocycles. The first-order chi connectivity index (χ1) is 9.45. The number of hydrogen-bond donors (Lipinski definition) is 2. The summed E-state index contributed by atoms with van der Waals surface area (Å²) in [6, 6.07) is 4.37. The van der Waals surface area contributed by atoms with E-state index in [1.54, 1.807) is 12.1 Å². The maximum atomic E-state index is 13.1. The van der Waals surface area contributed by atoms with Gasteiger partial charge in [0.2, 0.25) is 5.91 Å². The number of carbonyl (C=O) groups excluding carboxylic acids is 1. The zero-order valence-corrected chi connectivity index (χ0v) is 12.3. The summed E-state index contributed by atoms with van der Waals surface area (Å²) in [5, 5.41) is 11.7. The van der Waals surface area contributed by atoms with E-state index in [-0.39, 0.29) is 30.1 Å². The molecular weight excluding hydrogens is 329 g/mol. The number of benzene rings is 1. The van der Waals surface area contributed by atoms with Crippen molar-refractivity contribution in [3.8, 4) is 0 Å². The molecule has 1 aliphatic rings. The SMILES string of the molecule is O=C(Cc1ccc(F)c(Br)c1)N[C@@H]1CC[C@H](C(=O)O)C1. The van der Waals surface area contributed by atoms with Crippen molar-refractivity contribution in [2.75, 3.05) is 0 Å². The van der Waals surface area contributed by atoms with E-state index in [0.717, 1.165) is 0 Å². The molecular formula is C14H15BrFNO3. The zero-order chi connectivity index (χ0) is 14.7. The Labute approximate surface area is 124 Å². The van der Waals surface area contributed by atoms with E-state index in [2.05, 4.69) is 21.2 Å². The first-order valence-corrected chi connectivity index (χ1v) is 7.21. The molecule has 0 saturated heterocycles. The normalized spacial score (nSPS) is 21.7. The molecule has 0 bridgehead atoms. The number of aliphatic carboxylic acids is 1. The Balaban J connectivity index is 1.87. The number of carboxylic acid groups (broad SMARTS) is 1. The lowest BCUT2D eigenvalue weighted by Gasteiger charge is -2.12. The van der Waals surface area contributed by atoms with Gasteiger partial charge in [-0.1, -0.05) is 6.07 Å². The highest BCUT2D eigenvalue weighted by atomic mass is 79.9. The highest BCUT2D eigenvalue weighted by Gasteiger charge is 2.30. The summed E-state index contributed by atoms with van der Waals surface area (Å²) < 4.78 is 13.4. The molecule has 0 spiro atoms. The standard InChI is InChI=1S/C14H15BrFNO3/c15-11-5-8(1-4-12(11)16)6-13(18)17-10-3-2-9(7-10)14(19)20/h1,4-5,9-10H,2-3,6-7H2,(H,17,18)(H,19,20)/t9-,10+/m0/s1. The van der Waals surface area contributed by atoms with Crippen LogP contribution in [0.3, 0.4) is 0 Å². The van der Waals surface area contributed by atoms with Gasteiger partial charge in [0.25, 0.3) is 0 Å². The molecule has 20 heavy (non-hydrogen) atoms. The van der Waals surface area contributed by atoms with Gasteiger partial charge >= 0.3 is 5.97 Å². The quantitative estimate of drug-likeness (QED) is 0.882. The van der Waals surface area contributed by atoms with Crippen molar-refractivity contribution >= 4 is 27.8 Å². The Kier molecular flexibility index (Phi) is 4.75. The van der Waals surface area contributed by atoms with Crippen LogP contribution in [0.1, 0.15) is 24.8 Å². The lowest BCUT2D eigenvalue weighted by molar-refractivity contribution is -0.141. The van der Waals surface area contributed by atoms with Gasteiger partial charge in [0, 0.05) is 6.04 Å². The van der Waals surface area contributed by atoms with Crippen molar-refractivity contribution in [1.82, 2.24) is 5.32 Å². The van der Waals surface area contributed by atoms with E-state index in [0.29, 0.717) is 29.3 Å². The Morgan fingerprint density at radius 1 is 1.40 bits per heavy atom. The van der Waals surface area contributed by atoms with Crippen molar-refractivity contribution < 1.29 is 19.1 Å². The van der Waals surface area contributed by atoms with E-state index in [9.17, 15) is 14.0 Å². The van der Waals surface area contributed by atoms with E-state index in [1.807, 2.05) is 0 Å². The monoisotopic (exact) mass is 343 g/mol. The molecule has 0 unspecified atom stereocenters. The van der Waals surface area contributed by atoms with Crippen molar-refractivity contribution in [3.63, 3.8) is 0 Å². The molecule has 0 aliphatic heterocycles. The minimum absolute atomic E-state index is 0.0764. The molecule has 6 heteroatoms. The van der Waals surface area contributed by atoms with Crippen LogP contribution < -0.4 is 5.32 Å². The van der Waals surface area contributed by atoms with Crippen LogP contribution >= 0.6 is 15.9 Å². The molecule has 108 valence electrons. The van der Waals surface area contributed by atoms with Gasteiger partial charge in [-0.05, 0) is 52.9 Å². The second-order valence-corrected chi connectivity index (χ2v) is 5.89. The van der Waals surface area contributed by atoms with E-state index in [4.69, 9.17) is 5.11 Å². The third-order valence-electron chi connectivity index (χ3n) is 3.50. The predicted molar refractivity (Wildman–Crippen MR) is 74.7 cm³/mol. The van der Waals surface area contributed by atoms with Gasteiger partial charge < -0.3 is 10.4 Å². The third kappa shape index (κ3) is 3.79. The number of carboxylic acids is 1. The van der Waals surface area contributed by atoms with Crippen molar-refractivity contribution in [1.29, 1.82) is 0 Å². The minimum Gasteiger partial charge on any atom is -0.481 e. The average molecular weight is 344 g/mol. The zero-order valence-electron chi connectivity index (χ0n) is 10.7. The van der Waals surface area contributed by atoms with Crippen LogP contribution in [0, 0.1) is 11.7 Å². The molecule has 4 nitrogen and oxygen atoms in total. The van der Waals surface area contributed by atoms with E-state index in [1.165, 1.54) is 6.07 Å². The topological polar surface area (TPSA) is 66.4 Å². The molecule has 2 atom stereocenters. The van der Waals surface area contributed by atoms with Crippen LogP contribution in [-0.4, -0.2) is 23.0 Å². The van der Waals surface area contributed by atoms with Crippen LogP contribution in [0.4, 0.5) is 4.39 Å². The number of nitrogens with one attached hydrogen (secondary N) is 1. The van der Waals surface area contributed by atoms with Crippen LogP contribution in [0.5, 0.6) is 0 Å². The number of amides is 1. The number of hydrogen-bond acceptors (Lipinski definition) is 2. The molecule has 1 aromatic carbocycles. The van der Waals surface area contributed by atoms with Gasteiger partial charge in [-0.15, -0.1) is 0 Å². The molecule has 1 aromatic rings. The fraction of sp³-hybridized carbons (Fsp3) is 0.429. The molecule has 0 heterocycles. The number of rotatable bonds is 4. The molecule has 1 fully saturated rings. The summed E-state index contributed by atoms with van der Waals surface area (Å²) in [6.45, 7) is 0.